The molecule has 1 aromatic rings. The molecule has 0 saturated heterocycles. The largest absolute Gasteiger partial charge is 0.456 e. The van der Waals surface area contributed by atoms with Gasteiger partial charge in [0.25, 0.3) is 0 Å². The van der Waals surface area contributed by atoms with Crippen LogP contribution in [0, 0.1) is 0 Å². The fourth-order valence-electron chi connectivity index (χ4n) is 1.49. The Bertz CT molecular complexity index is 346. The van der Waals surface area contributed by atoms with Crippen LogP contribution in [0.2, 0.25) is 0 Å². The highest BCUT2D eigenvalue weighted by Gasteiger charge is 2.30. The number of cyclic esters (lactones) is 1. The van der Waals surface area contributed by atoms with Gasteiger partial charge in [0.2, 0.25) is 0 Å². The van der Waals surface area contributed by atoms with E-state index in [0.29, 0.717) is 11.1 Å². The van der Waals surface area contributed by atoms with E-state index >= 15 is 0 Å². The average Bonchev–Trinajstić information content (AvgIpc) is 2.15. The molecule has 1 aliphatic rings. The Morgan fingerprint density at radius 3 is 2.85 bits per heavy atom. The van der Waals surface area contributed by atoms with Crippen molar-refractivity contribution in [2.45, 2.75) is 19.1 Å². The number of aliphatic hydroxyl groups excluding tert-OH is 1. The predicted octanol–water partition coefficient (Wildman–Crippen LogP) is 1.28. The zero-order valence-corrected chi connectivity index (χ0v) is 7.23. The Labute approximate surface area is 76.0 Å². The number of rotatable bonds is 0. The smallest absolute Gasteiger partial charge is 0.338 e. The van der Waals surface area contributed by atoms with Crippen molar-refractivity contribution in [3.05, 3.63) is 35.4 Å². The summed E-state index contributed by atoms with van der Waals surface area (Å²) in [6, 6.07) is 6.96. The molecule has 68 valence electrons. The van der Waals surface area contributed by atoms with Gasteiger partial charge in [-0.1, -0.05) is 18.2 Å². The molecule has 1 N–H and O–H groups in total. The molecule has 0 unspecified atom stereocenters. The standard InChI is InChI=1S/C10H10O3/c1-6-9(11)7-4-2-3-5-8(7)10(12)13-6/h2-6,9,11H,1H3/t6-,9-/m1/s1. The Morgan fingerprint density at radius 1 is 1.38 bits per heavy atom. The van der Waals surface area contributed by atoms with Gasteiger partial charge in [-0.2, -0.15) is 0 Å². The Kier molecular flexibility index (Phi) is 1.81. The van der Waals surface area contributed by atoms with E-state index in [-0.39, 0.29) is 5.97 Å². The molecule has 1 aromatic carbocycles. The summed E-state index contributed by atoms with van der Waals surface area (Å²) in [5.74, 6) is -0.353. The third-order valence-electron chi connectivity index (χ3n) is 2.24. The maximum Gasteiger partial charge on any atom is 0.338 e. The molecule has 0 spiro atoms. The van der Waals surface area contributed by atoms with Crippen molar-refractivity contribution in [3.63, 3.8) is 0 Å². The highest BCUT2D eigenvalue weighted by atomic mass is 16.6. The first-order chi connectivity index (χ1) is 6.20. The number of fused-ring (bicyclic) bond motifs is 1. The Morgan fingerprint density at radius 2 is 2.08 bits per heavy atom. The number of hydrogen-bond donors (Lipinski definition) is 1. The first kappa shape index (κ1) is 8.26. The second-order valence-electron chi connectivity index (χ2n) is 3.14. The van der Waals surface area contributed by atoms with E-state index in [0.717, 1.165) is 0 Å². The maximum atomic E-state index is 11.3. The van der Waals surface area contributed by atoms with Crippen LogP contribution in [0.1, 0.15) is 28.9 Å². The minimum atomic E-state index is -0.700. The maximum absolute atomic E-state index is 11.3. The van der Waals surface area contributed by atoms with Crippen LogP contribution in [0.3, 0.4) is 0 Å². The summed E-state index contributed by atoms with van der Waals surface area (Å²) >= 11 is 0. The molecule has 0 radical (unpaired) electrons. The van der Waals surface area contributed by atoms with Crippen LogP contribution in [0.15, 0.2) is 24.3 Å². The normalized spacial score (nSPS) is 26.5. The average molecular weight is 178 g/mol. The Balaban J connectivity index is 2.53. The summed E-state index contributed by atoms with van der Waals surface area (Å²) in [6.07, 6.45) is -1.16. The number of ether oxygens (including phenoxy) is 1. The van der Waals surface area contributed by atoms with Crippen molar-refractivity contribution in [1.82, 2.24) is 0 Å². The number of carbonyl (C=O) groups excluding carboxylic acids is 1. The minimum Gasteiger partial charge on any atom is -0.456 e. The van der Waals surface area contributed by atoms with Gasteiger partial charge in [-0.05, 0) is 18.6 Å². The van der Waals surface area contributed by atoms with Crippen molar-refractivity contribution >= 4 is 5.97 Å². The first-order valence-electron chi connectivity index (χ1n) is 4.18. The second kappa shape index (κ2) is 2.85. The topological polar surface area (TPSA) is 46.5 Å². The SMILES string of the molecule is C[C@H]1OC(=O)c2ccccc2[C@@H]1O. The lowest BCUT2D eigenvalue weighted by Crippen LogP contribution is -2.29. The van der Waals surface area contributed by atoms with Crippen LogP contribution in [-0.2, 0) is 4.74 Å². The van der Waals surface area contributed by atoms with Gasteiger partial charge < -0.3 is 9.84 Å². The molecule has 1 heterocycles. The molecule has 0 aromatic heterocycles. The Hall–Kier alpha value is -1.35. The molecular formula is C10H10O3. The summed E-state index contributed by atoms with van der Waals surface area (Å²) in [5.41, 5.74) is 1.12. The summed E-state index contributed by atoms with van der Waals surface area (Å²) in [5, 5.41) is 9.67. The second-order valence-corrected chi connectivity index (χ2v) is 3.14. The number of hydrogen-bond acceptors (Lipinski definition) is 3. The van der Waals surface area contributed by atoms with Crippen LogP contribution in [0.25, 0.3) is 0 Å². The molecule has 2 atom stereocenters. The molecule has 0 bridgehead atoms. The van der Waals surface area contributed by atoms with Crippen LogP contribution in [0.5, 0.6) is 0 Å². The summed E-state index contributed by atoms with van der Waals surface area (Å²) in [6.45, 7) is 1.68. The number of aliphatic hydroxyl groups is 1. The van der Waals surface area contributed by atoms with Gasteiger partial charge in [0.1, 0.15) is 12.2 Å². The van der Waals surface area contributed by atoms with Crippen molar-refractivity contribution < 1.29 is 14.6 Å². The van der Waals surface area contributed by atoms with Crippen LogP contribution in [-0.4, -0.2) is 17.2 Å². The van der Waals surface area contributed by atoms with E-state index in [9.17, 15) is 9.90 Å². The van der Waals surface area contributed by atoms with E-state index in [1.807, 2.05) is 0 Å². The molecule has 0 amide bonds. The van der Waals surface area contributed by atoms with Gasteiger partial charge in [-0.3, -0.25) is 0 Å². The van der Waals surface area contributed by atoms with Crippen LogP contribution in [0.4, 0.5) is 0 Å². The zero-order valence-electron chi connectivity index (χ0n) is 7.23. The lowest BCUT2D eigenvalue weighted by Gasteiger charge is -2.26. The van der Waals surface area contributed by atoms with Gasteiger partial charge in [0.05, 0.1) is 5.56 Å². The van der Waals surface area contributed by atoms with E-state index in [1.54, 1.807) is 31.2 Å². The third-order valence-corrected chi connectivity index (χ3v) is 2.24. The summed E-state index contributed by atoms with van der Waals surface area (Å²) in [4.78, 5) is 11.3. The van der Waals surface area contributed by atoms with Gasteiger partial charge in [0.15, 0.2) is 0 Å². The van der Waals surface area contributed by atoms with Gasteiger partial charge in [0, 0.05) is 0 Å². The van der Waals surface area contributed by atoms with Crippen molar-refractivity contribution in [1.29, 1.82) is 0 Å². The minimum absolute atomic E-state index is 0.353. The monoisotopic (exact) mass is 178 g/mol. The molecule has 0 fully saturated rings. The van der Waals surface area contributed by atoms with Crippen molar-refractivity contribution in [2.75, 3.05) is 0 Å². The first-order valence-corrected chi connectivity index (χ1v) is 4.18. The van der Waals surface area contributed by atoms with Crippen LogP contribution < -0.4 is 0 Å². The van der Waals surface area contributed by atoms with E-state index < -0.39 is 12.2 Å². The molecular weight excluding hydrogens is 168 g/mol. The number of esters is 1. The molecule has 2 rings (SSSR count). The van der Waals surface area contributed by atoms with Gasteiger partial charge >= 0.3 is 5.97 Å². The predicted molar refractivity (Wildman–Crippen MR) is 46.3 cm³/mol. The highest BCUT2D eigenvalue weighted by molar-refractivity contribution is 5.92. The molecule has 3 nitrogen and oxygen atoms in total. The van der Waals surface area contributed by atoms with Gasteiger partial charge in [-0.15, -0.1) is 0 Å². The number of benzene rings is 1. The third kappa shape index (κ3) is 1.21. The van der Waals surface area contributed by atoms with E-state index in [2.05, 4.69) is 0 Å². The molecule has 1 aliphatic heterocycles. The van der Waals surface area contributed by atoms with Crippen molar-refractivity contribution in [2.24, 2.45) is 0 Å². The fraction of sp³-hybridized carbons (Fsp3) is 0.300. The molecule has 0 aliphatic carbocycles. The fourth-order valence-corrected chi connectivity index (χ4v) is 1.49. The molecule has 13 heavy (non-hydrogen) atoms. The quantitative estimate of drug-likeness (QED) is 0.609. The lowest BCUT2D eigenvalue weighted by molar-refractivity contribution is -0.0212. The van der Waals surface area contributed by atoms with Gasteiger partial charge in [-0.25, -0.2) is 4.79 Å². The van der Waals surface area contributed by atoms with E-state index in [1.165, 1.54) is 0 Å². The molecule has 0 saturated carbocycles. The number of carbonyl (C=O) groups is 1. The van der Waals surface area contributed by atoms with Crippen LogP contribution >= 0.6 is 0 Å². The van der Waals surface area contributed by atoms with E-state index in [4.69, 9.17) is 4.74 Å². The summed E-state index contributed by atoms with van der Waals surface area (Å²) in [7, 11) is 0. The van der Waals surface area contributed by atoms with Crippen molar-refractivity contribution in [3.8, 4) is 0 Å². The summed E-state index contributed by atoms with van der Waals surface area (Å²) < 4.78 is 4.94. The zero-order chi connectivity index (χ0) is 9.42. The molecule has 3 heteroatoms. The highest BCUT2D eigenvalue weighted by Crippen LogP contribution is 2.28. The lowest BCUT2D eigenvalue weighted by atomic mass is 9.97.